The summed E-state index contributed by atoms with van der Waals surface area (Å²) in [7, 11) is 0. The second kappa shape index (κ2) is 24.7. The minimum absolute atomic E-state index is 0.631. The maximum Gasteiger partial charge on any atom is 0.0713 e. The Hall–Kier alpha value is -13.4. The summed E-state index contributed by atoms with van der Waals surface area (Å²) < 4.78 is 4.74. The third-order valence-corrected chi connectivity index (χ3v) is 22.3. The Balaban J connectivity index is 0.650. The van der Waals surface area contributed by atoms with Crippen molar-refractivity contribution in [3.8, 4) is 67.0 Å². The third-order valence-electron chi connectivity index (χ3n) is 22.3. The molecule has 18 aromatic rings. The molecule has 0 fully saturated rings. The van der Waals surface area contributed by atoms with Crippen molar-refractivity contribution in [1.82, 2.24) is 9.13 Å². The molecule has 0 unspecified atom stereocenters. The van der Waals surface area contributed by atoms with Crippen molar-refractivity contribution in [2.24, 2.45) is 0 Å². The van der Waals surface area contributed by atoms with E-state index in [9.17, 15) is 0 Å². The minimum Gasteiger partial charge on any atom is -0.309 e. The van der Waals surface area contributed by atoms with Crippen molar-refractivity contribution in [1.29, 1.82) is 0 Å². The lowest BCUT2D eigenvalue weighted by Gasteiger charge is -2.35. The summed E-state index contributed by atoms with van der Waals surface area (Å²) in [6, 6.07) is 144. The van der Waals surface area contributed by atoms with Gasteiger partial charge in [-0.25, -0.2) is 0 Å². The van der Waals surface area contributed by atoms with Crippen LogP contribution in [0.4, 0.5) is 0 Å². The number of nitrogens with zero attached hydrogens (tertiary/aromatic N) is 2. The molecule has 0 bridgehead atoms. The number of hydrogen-bond donors (Lipinski definition) is 0. The second-order valence-electron chi connectivity index (χ2n) is 27.8. The summed E-state index contributed by atoms with van der Waals surface area (Å²) in [5, 5.41) is 5.00. The van der Waals surface area contributed by atoms with Crippen molar-refractivity contribution >= 4 is 67.9 Å². The van der Waals surface area contributed by atoms with Crippen LogP contribution >= 0.6 is 0 Å². The zero-order chi connectivity index (χ0) is 68.7. The topological polar surface area (TPSA) is 9.86 Å². The van der Waals surface area contributed by atoms with Crippen molar-refractivity contribution in [3.63, 3.8) is 0 Å². The number of hydrogen-bond acceptors (Lipinski definition) is 0. The number of para-hydroxylation sites is 4. The molecular formula is C102H68N2. The summed E-state index contributed by atoms with van der Waals surface area (Å²) in [5.74, 6) is 0. The molecule has 2 nitrogen and oxygen atoms in total. The van der Waals surface area contributed by atoms with E-state index in [0.29, 0.717) is 0 Å². The van der Waals surface area contributed by atoms with Crippen molar-refractivity contribution in [2.45, 2.75) is 10.8 Å². The number of aromatic nitrogens is 2. The first-order valence-corrected chi connectivity index (χ1v) is 36.1. The Kier molecular flexibility index (Phi) is 14.4. The molecule has 104 heavy (non-hydrogen) atoms. The molecule has 486 valence electrons. The van der Waals surface area contributed by atoms with Gasteiger partial charge in [0.05, 0.1) is 32.9 Å². The number of rotatable bonds is 13. The maximum absolute atomic E-state index is 2.52. The molecule has 0 spiro atoms. The van der Waals surface area contributed by atoms with Gasteiger partial charge < -0.3 is 9.13 Å². The van der Waals surface area contributed by atoms with Crippen molar-refractivity contribution in [3.05, 3.63) is 455 Å². The van der Waals surface area contributed by atoms with Crippen molar-refractivity contribution in [2.75, 3.05) is 0 Å². The smallest absolute Gasteiger partial charge is 0.0713 e. The van der Waals surface area contributed by atoms with Crippen LogP contribution in [0.5, 0.6) is 0 Å². The quantitative estimate of drug-likeness (QED) is 0.102. The van der Waals surface area contributed by atoms with Gasteiger partial charge >= 0.3 is 0 Å². The fraction of sp³-hybridized carbons (Fsp3) is 0.0196. The van der Waals surface area contributed by atoms with Gasteiger partial charge in [0, 0.05) is 32.9 Å². The molecule has 0 atom stereocenters. The highest BCUT2D eigenvalue weighted by Gasteiger charge is 2.48. The summed E-state index contributed by atoms with van der Waals surface area (Å²) in [6.45, 7) is 0. The van der Waals surface area contributed by atoms with Gasteiger partial charge in [0.15, 0.2) is 0 Å². The van der Waals surface area contributed by atoms with Crippen LogP contribution in [0.15, 0.2) is 388 Å². The maximum atomic E-state index is 2.52. The van der Waals surface area contributed by atoms with E-state index in [1.807, 2.05) is 0 Å². The zero-order valence-corrected chi connectivity index (χ0v) is 57.2. The van der Waals surface area contributed by atoms with Gasteiger partial charge in [-0.15, -0.1) is 0 Å². The number of benzene rings is 16. The standard InChI is InChI=1S/C102H68N2/c1-7-23-79(24-8-1)101(80-25-9-2-10-26-80)93-65-75(73-49-43-69(44-50-73)39-41-71-47-61-99-91(63-71)89-35-19-21-37-97(89)103(99)83-31-15-5-16-32-83)53-57-85(93)87-59-55-77(67-95(87)101)78-56-60-88-86-58-54-76(66-94(86)102(96(88)68-78,81-27-11-3-12-28-81)82-29-13-4-14-30-82)74-51-45-70(46-52-74)40-42-72-48-62-100-92(64-72)90-36-20-22-38-98(90)104(100)84-33-17-6-18-34-84/h1-68H. The molecular weight excluding hydrogens is 1250 g/mol. The first-order valence-electron chi connectivity index (χ1n) is 36.1. The van der Waals surface area contributed by atoms with Crippen LogP contribution in [0.1, 0.15) is 66.8 Å². The van der Waals surface area contributed by atoms with E-state index in [1.165, 1.54) is 155 Å². The molecule has 0 saturated heterocycles. The van der Waals surface area contributed by atoms with Crippen LogP contribution in [0.3, 0.4) is 0 Å². The summed E-state index contributed by atoms with van der Waals surface area (Å²) in [5.41, 5.74) is 32.7. The fourth-order valence-corrected chi connectivity index (χ4v) is 17.6. The van der Waals surface area contributed by atoms with Crippen LogP contribution in [0.25, 0.3) is 135 Å². The van der Waals surface area contributed by atoms with Gasteiger partial charge in [0.1, 0.15) is 0 Å². The van der Waals surface area contributed by atoms with E-state index < -0.39 is 10.8 Å². The third kappa shape index (κ3) is 9.71. The minimum atomic E-state index is -0.631. The molecule has 2 heteroatoms. The van der Waals surface area contributed by atoms with Gasteiger partial charge in [-0.2, -0.15) is 0 Å². The summed E-state index contributed by atoms with van der Waals surface area (Å²) in [6.07, 6.45) is 8.96. The molecule has 0 saturated carbocycles. The highest BCUT2D eigenvalue weighted by atomic mass is 15.0. The molecule has 2 aliphatic rings. The molecule has 0 aliphatic heterocycles. The fourth-order valence-electron chi connectivity index (χ4n) is 17.6. The molecule has 20 rings (SSSR count). The molecule has 2 heterocycles. The highest BCUT2D eigenvalue weighted by Crippen LogP contribution is 2.60. The van der Waals surface area contributed by atoms with Crippen LogP contribution in [0.2, 0.25) is 0 Å². The monoisotopic (exact) mass is 1320 g/mol. The highest BCUT2D eigenvalue weighted by molar-refractivity contribution is 6.11. The first-order chi connectivity index (χ1) is 51.5. The van der Waals surface area contributed by atoms with Gasteiger partial charge in [-0.05, 0) is 207 Å². The first kappa shape index (κ1) is 60.6. The average molecular weight is 1320 g/mol. The van der Waals surface area contributed by atoms with Gasteiger partial charge in [-0.1, -0.05) is 328 Å². The Labute approximate surface area is 606 Å². The van der Waals surface area contributed by atoms with Crippen LogP contribution in [-0.4, -0.2) is 9.13 Å². The largest absolute Gasteiger partial charge is 0.309 e. The second-order valence-corrected chi connectivity index (χ2v) is 27.8. The molecule has 0 radical (unpaired) electrons. The Morgan fingerprint density at radius 1 is 0.183 bits per heavy atom. The van der Waals surface area contributed by atoms with Gasteiger partial charge in [-0.3, -0.25) is 0 Å². The Bertz CT molecular complexity index is 5930. The normalized spacial score (nSPS) is 13.3. The van der Waals surface area contributed by atoms with E-state index in [-0.39, 0.29) is 0 Å². The SMILES string of the molecule is C(=Cc1ccc2c(c1)c1ccccc1n2-c1ccccc1)c1ccc(-c2ccc3c(c2)C(c2ccccc2)(c2ccccc2)c2cc(-c4ccc5c(c4)C(c4ccccc4)(c4ccccc4)c4cc(-c6ccc(C=Cc7ccc8c(c7)c7ccccc7n8-c7ccccc7)cc6)ccc4-5)ccc2-3)cc1. The van der Waals surface area contributed by atoms with E-state index in [4.69, 9.17) is 0 Å². The molecule has 2 aromatic heterocycles. The van der Waals surface area contributed by atoms with Gasteiger partial charge in [0.25, 0.3) is 0 Å². The van der Waals surface area contributed by atoms with E-state index in [2.05, 4.69) is 422 Å². The predicted octanol–water partition coefficient (Wildman–Crippen LogP) is 25.9. The van der Waals surface area contributed by atoms with Crippen molar-refractivity contribution < 1.29 is 0 Å². The molecule has 0 amide bonds. The van der Waals surface area contributed by atoms with E-state index in [0.717, 1.165) is 22.5 Å². The van der Waals surface area contributed by atoms with E-state index in [1.54, 1.807) is 0 Å². The molecule has 2 aliphatic carbocycles. The lowest BCUT2D eigenvalue weighted by molar-refractivity contribution is 0.768. The lowest BCUT2D eigenvalue weighted by atomic mass is 9.66. The zero-order valence-electron chi connectivity index (χ0n) is 57.2. The molecule has 0 N–H and O–H groups in total. The Morgan fingerprint density at radius 2 is 0.433 bits per heavy atom. The van der Waals surface area contributed by atoms with Gasteiger partial charge in [0.2, 0.25) is 0 Å². The predicted molar refractivity (Wildman–Crippen MR) is 437 cm³/mol. The lowest BCUT2D eigenvalue weighted by Crippen LogP contribution is -2.29. The van der Waals surface area contributed by atoms with E-state index >= 15 is 0 Å². The number of fused-ring (bicyclic) bond motifs is 12. The van der Waals surface area contributed by atoms with Crippen LogP contribution in [-0.2, 0) is 10.8 Å². The molecule has 16 aromatic carbocycles. The summed E-state index contributed by atoms with van der Waals surface area (Å²) >= 11 is 0. The average Bonchev–Trinajstić information content (AvgIpc) is 1.53. The summed E-state index contributed by atoms with van der Waals surface area (Å²) in [4.78, 5) is 0. The van der Waals surface area contributed by atoms with Crippen LogP contribution in [0, 0.1) is 0 Å². The van der Waals surface area contributed by atoms with Crippen LogP contribution < -0.4 is 0 Å². The Morgan fingerprint density at radius 3 is 0.760 bits per heavy atom.